The summed E-state index contributed by atoms with van der Waals surface area (Å²) >= 11 is 0. The summed E-state index contributed by atoms with van der Waals surface area (Å²) in [6, 6.07) is -10.8. The molecule has 0 unspecified atom stereocenters. The van der Waals surface area contributed by atoms with Crippen LogP contribution in [-0.2, 0) is 52.7 Å². The van der Waals surface area contributed by atoms with E-state index in [4.69, 9.17) is 28.7 Å². The van der Waals surface area contributed by atoms with Crippen LogP contribution in [0.5, 0.6) is 0 Å². The molecule has 9 amide bonds. The summed E-state index contributed by atoms with van der Waals surface area (Å²) < 4.78 is 0. The second-order valence-electron chi connectivity index (χ2n) is 16.8. The number of primary amides is 1. The van der Waals surface area contributed by atoms with Gasteiger partial charge in [0.25, 0.3) is 0 Å². The number of guanidine groups is 2. The predicted molar refractivity (Wildman–Crippen MR) is 246 cm³/mol. The third-order valence-electron chi connectivity index (χ3n) is 9.45. The van der Waals surface area contributed by atoms with Gasteiger partial charge in [-0.05, 0) is 57.3 Å². The third kappa shape index (κ3) is 27.2. The van der Waals surface area contributed by atoms with Gasteiger partial charge in [0, 0.05) is 20.0 Å². The Bertz CT molecular complexity index is 1870. The van der Waals surface area contributed by atoms with Crippen molar-refractivity contribution in [2.75, 3.05) is 19.6 Å². The first-order valence-electron chi connectivity index (χ1n) is 21.9. The van der Waals surface area contributed by atoms with Gasteiger partial charge in [-0.1, -0.05) is 27.7 Å². The zero-order chi connectivity index (χ0) is 53.1. The van der Waals surface area contributed by atoms with Crippen molar-refractivity contribution in [2.45, 2.75) is 141 Å². The molecule has 0 aromatic carbocycles. The average molecular weight is 986 g/mol. The number of hydrogen-bond donors (Lipinski definition) is 16. The molecule has 0 saturated heterocycles. The highest BCUT2D eigenvalue weighted by Gasteiger charge is 2.36. The topological polar surface area (TPSA) is 500 Å². The minimum atomic E-state index is -1.95. The Hall–Kier alpha value is -7.33. The molecule has 0 aromatic heterocycles. The fourth-order valence-electron chi connectivity index (χ4n) is 6.25. The third-order valence-corrected chi connectivity index (χ3v) is 9.45. The maximum absolute atomic E-state index is 13.7. The van der Waals surface area contributed by atoms with E-state index in [1.54, 1.807) is 27.7 Å². The van der Waals surface area contributed by atoms with E-state index < -0.39 is 133 Å². The summed E-state index contributed by atoms with van der Waals surface area (Å²) in [5, 5.41) is 48.1. The van der Waals surface area contributed by atoms with Crippen molar-refractivity contribution in [3.63, 3.8) is 0 Å². The molecule has 0 rings (SSSR count). The van der Waals surface area contributed by atoms with E-state index in [1.807, 2.05) is 0 Å². The Morgan fingerprint density at radius 2 is 0.884 bits per heavy atom. The van der Waals surface area contributed by atoms with Crippen LogP contribution in [0.2, 0.25) is 0 Å². The molecule has 21 N–H and O–H groups in total. The van der Waals surface area contributed by atoms with Crippen molar-refractivity contribution in [3.05, 3.63) is 0 Å². The first kappa shape index (κ1) is 61.7. The van der Waals surface area contributed by atoms with E-state index >= 15 is 0 Å². The van der Waals surface area contributed by atoms with Crippen molar-refractivity contribution in [3.8, 4) is 0 Å². The summed E-state index contributed by atoms with van der Waals surface area (Å²) in [5.41, 5.74) is 26.7. The lowest BCUT2D eigenvalue weighted by atomic mass is 10.0. The van der Waals surface area contributed by atoms with Gasteiger partial charge in [-0.2, -0.15) is 0 Å². The summed E-state index contributed by atoms with van der Waals surface area (Å²) in [5.74, 6) is -13.0. The van der Waals surface area contributed by atoms with Crippen LogP contribution in [0, 0.1) is 11.8 Å². The minimum Gasteiger partial charge on any atom is -0.481 e. The fraction of sp³-hybridized carbons (Fsp3) is 0.675. The number of aliphatic imine (C=N–C) groups is 2. The quantitative estimate of drug-likeness (QED) is 0.0165. The standard InChI is InChI=1S/C40H71N15O14/c1-18(2)13-24(35(66)51-22(32(41)63)9-7-11-46-39(42)43)50-28(58)17-48-33(64)26(15-29(59)60)53-36(67)25(14-19(3)4)52-37(68)27(16-30(61)62)54-38(69)31(20(5)56)55-34(65)23(49-21(6)57)10-8-12-47-40(44)45/h18-20,22-27,31,56H,7-17H2,1-6H3,(H2,41,63)(H,48,64)(H,49,57)(H,50,58)(H,51,66)(H,52,68)(H,53,67)(H,54,69)(H,55,65)(H,59,60)(H,61,62)(H4,42,43,46)(H4,44,45,47)/t20-,22+,23+,24+,25+,26-,27+,31+/m1/s1. The van der Waals surface area contributed by atoms with Crippen molar-refractivity contribution in [1.82, 2.24) is 42.5 Å². The first-order valence-corrected chi connectivity index (χ1v) is 21.9. The second-order valence-corrected chi connectivity index (χ2v) is 16.8. The van der Waals surface area contributed by atoms with Crippen LogP contribution in [0.3, 0.4) is 0 Å². The number of amides is 9. The van der Waals surface area contributed by atoms with Crippen LogP contribution in [0.4, 0.5) is 0 Å². The van der Waals surface area contributed by atoms with Gasteiger partial charge in [-0.25, -0.2) is 0 Å². The Balaban J connectivity index is 6.18. The maximum atomic E-state index is 13.7. The fourth-order valence-corrected chi connectivity index (χ4v) is 6.25. The normalized spacial score (nSPS) is 14.3. The zero-order valence-electron chi connectivity index (χ0n) is 39.7. The van der Waals surface area contributed by atoms with Gasteiger partial charge in [0.1, 0.15) is 42.3 Å². The number of nitrogens with one attached hydrogen (secondary N) is 8. The Morgan fingerprint density at radius 1 is 0.493 bits per heavy atom. The number of aliphatic hydroxyl groups excluding tert-OH is 1. The molecular weight excluding hydrogens is 915 g/mol. The van der Waals surface area contributed by atoms with Crippen LogP contribution < -0.4 is 71.2 Å². The molecule has 0 heterocycles. The molecule has 69 heavy (non-hydrogen) atoms. The Morgan fingerprint density at radius 3 is 1.30 bits per heavy atom. The molecule has 0 saturated carbocycles. The molecule has 0 spiro atoms. The first-order chi connectivity index (χ1) is 32.0. The Labute approximate surface area is 398 Å². The highest BCUT2D eigenvalue weighted by molar-refractivity contribution is 5.99. The number of aliphatic carboxylic acids is 2. The highest BCUT2D eigenvalue weighted by Crippen LogP contribution is 2.10. The van der Waals surface area contributed by atoms with Crippen molar-refractivity contribution in [1.29, 1.82) is 0 Å². The van der Waals surface area contributed by atoms with Crippen LogP contribution in [-0.4, -0.2) is 160 Å². The van der Waals surface area contributed by atoms with Gasteiger partial charge in [0.2, 0.25) is 53.2 Å². The number of carboxylic acids is 2. The number of carboxylic acid groups (broad SMARTS) is 2. The van der Waals surface area contributed by atoms with Crippen LogP contribution >= 0.6 is 0 Å². The van der Waals surface area contributed by atoms with Crippen molar-refractivity contribution < 1.29 is 68.1 Å². The number of nitrogens with zero attached hydrogens (tertiary/aromatic N) is 2. The largest absolute Gasteiger partial charge is 0.481 e. The molecule has 29 heteroatoms. The van der Waals surface area contributed by atoms with Gasteiger partial charge in [-0.15, -0.1) is 0 Å². The molecule has 0 aliphatic heterocycles. The van der Waals surface area contributed by atoms with Gasteiger partial charge in [-0.3, -0.25) is 62.7 Å². The molecule has 0 radical (unpaired) electrons. The molecule has 8 atom stereocenters. The SMILES string of the molecule is CC(=O)N[C@@H](CCCN=C(N)N)C(=O)N[C@H](C(=O)N[C@@H](CC(=O)O)C(=O)N[C@@H](CC(C)C)C(=O)N[C@H](CC(=O)O)C(=O)NCC(=O)N[C@@H](CC(C)C)C(=O)N[C@@H](CCCN=C(N)N)C(N)=O)[C@@H](C)O. The lowest BCUT2D eigenvalue weighted by molar-refractivity contribution is -0.142. The highest BCUT2D eigenvalue weighted by atomic mass is 16.4. The van der Waals surface area contributed by atoms with E-state index in [1.165, 1.54) is 0 Å². The van der Waals surface area contributed by atoms with Gasteiger partial charge in [0.15, 0.2) is 11.9 Å². The second kappa shape index (κ2) is 31.6. The summed E-state index contributed by atoms with van der Waals surface area (Å²) in [7, 11) is 0. The van der Waals surface area contributed by atoms with E-state index in [-0.39, 0.29) is 75.4 Å². The monoisotopic (exact) mass is 986 g/mol. The maximum Gasteiger partial charge on any atom is 0.305 e. The summed E-state index contributed by atoms with van der Waals surface area (Å²) in [4.78, 5) is 149. The smallest absolute Gasteiger partial charge is 0.305 e. The summed E-state index contributed by atoms with van der Waals surface area (Å²) in [6.45, 7) is 8.38. The van der Waals surface area contributed by atoms with E-state index in [0.717, 1.165) is 13.8 Å². The van der Waals surface area contributed by atoms with Crippen LogP contribution in [0.15, 0.2) is 9.98 Å². The minimum absolute atomic E-state index is 0.0181. The average Bonchev–Trinajstić information content (AvgIpc) is 3.21. The van der Waals surface area contributed by atoms with Gasteiger partial charge in [0.05, 0.1) is 25.5 Å². The molecule has 0 aliphatic rings. The number of nitrogens with two attached hydrogens (primary N) is 5. The number of carbonyl (C=O) groups excluding carboxylic acids is 9. The number of carbonyl (C=O) groups is 11. The molecule has 0 aliphatic carbocycles. The van der Waals surface area contributed by atoms with Crippen LogP contribution in [0.25, 0.3) is 0 Å². The molecular formula is C40H71N15O14. The number of rotatable bonds is 33. The molecule has 0 fully saturated rings. The Kier molecular flexibility index (Phi) is 28.2. The molecule has 390 valence electrons. The number of aliphatic hydroxyl groups is 1. The van der Waals surface area contributed by atoms with E-state index in [2.05, 4.69) is 52.5 Å². The lowest BCUT2D eigenvalue weighted by Crippen LogP contribution is -2.61. The van der Waals surface area contributed by atoms with Crippen LogP contribution in [0.1, 0.15) is 92.9 Å². The predicted octanol–water partition coefficient (Wildman–Crippen LogP) is -6.47. The lowest BCUT2D eigenvalue weighted by Gasteiger charge is -2.28. The molecule has 0 bridgehead atoms. The zero-order valence-corrected chi connectivity index (χ0v) is 39.7. The van der Waals surface area contributed by atoms with Gasteiger partial charge >= 0.3 is 11.9 Å². The summed E-state index contributed by atoms with van der Waals surface area (Å²) in [6.07, 6.45) is -3.35. The molecule has 29 nitrogen and oxygen atoms in total. The van der Waals surface area contributed by atoms with Crippen molar-refractivity contribution >= 4 is 77.0 Å². The van der Waals surface area contributed by atoms with E-state index in [0.29, 0.717) is 0 Å². The molecule has 0 aromatic rings. The number of hydrogen-bond acceptors (Lipinski definition) is 14. The van der Waals surface area contributed by atoms with Crippen molar-refractivity contribution in [2.24, 2.45) is 50.5 Å². The van der Waals surface area contributed by atoms with E-state index in [9.17, 15) is 68.1 Å². The van der Waals surface area contributed by atoms with Gasteiger partial charge < -0.3 is 86.5 Å².